The van der Waals surface area contributed by atoms with E-state index >= 15 is 0 Å². The summed E-state index contributed by atoms with van der Waals surface area (Å²) in [5.41, 5.74) is 11.8. The number of aromatic nitrogens is 1. The van der Waals surface area contributed by atoms with Crippen LogP contribution in [0.3, 0.4) is 0 Å². The number of aliphatic hydroxyl groups is 1. The summed E-state index contributed by atoms with van der Waals surface area (Å²) >= 11 is 1.84. The van der Waals surface area contributed by atoms with Gasteiger partial charge in [-0.15, -0.1) is 11.3 Å². The number of piperidine rings is 1. The van der Waals surface area contributed by atoms with E-state index in [0.29, 0.717) is 5.92 Å². The Hall–Kier alpha value is -1.27. The van der Waals surface area contributed by atoms with Crippen molar-refractivity contribution in [2.24, 2.45) is 5.73 Å². The van der Waals surface area contributed by atoms with Crippen LogP contribution in [0.1, 0.15) is 88.3 Å². The molecular formula is C27H41N3OS. The van der Waals surface area contributed by atoms with Crippen LogP contribution in [0.25, 0.3) is 11.3 Å². The molecule has 2 heterocycles. The van der Waals surface area contributed by atoms with Crippen molar-refractivity contribution in [2.45, 2.75) is 89.0 Å². The van der Waals surface area contributed by atoms with Crippen LogP contribution >= 0.6 is 11.3 Å². The summed E-state index contributed by atoms with van der Waals surface area (Å²) in [4.78, 5) is 7.66. The second-order valence-electron chi connectivity index (χ2n) is 11.3. The third kappa shape index (κ3) is 5.11. The van der Waals surface area contributed by atoms with E-state index in [9.17, 15) is 0 Å². The van der Waals surface area contributed by atoms with Crippen molar-refractivity contribution in [2.75, 3.05) is 26.2 Å². The smallest absolute Gasteiger partial charge is 0.0964 e. The zero-order chi connectivity index (χ0) is 22.9. The number of benzene rings is 1. The average molecular weight is 456 g/mol. The molecule has 5 heteroatoms. The molecule has 1 atom stereocenters. The average Bonchev–Trinajstić information content (AvgIpc) is 3.27. The minimum absolute atomic E-state index is 0.0680. The summed E-state index contributed by atoms with van der Waals surface area (Å²) in [5.74, 6) is 0.581. The Balaban J connectivity index is 1.41. The van der Waals surface area contributed by atoms with Crippen molar-refractivity contribution < 1.29 is 5.11 Å². The van der Waals surface area contributed by atoms with E-state index in [1.165, 1.54) is 47.4 Å². The molecule has 2 aliphatic rings. The molecule has 3 N–H and O–H groups in total. The zero-order valence-electron chi connectivity index (χ0n) is 20.4. The molecule has 0 saturated carbocycles. The Morgan fingerprint density at radius 2 is 1.81 bits per heavy atom. The number of aliphatic hydroxyl groups excluding tert-OH is 1. The fraction of sp³-hybridized carbons (Fsp3) is 0.667. The van der Waals surface area contributed by atoms with E-state index in [2.05, 4.69) is 56.2 Å². The number of nitrogens with zero attached hydrogens (tertiary/aromatic N) is 2. The van der Waals surface area contributed by atoms with Gasteiger partial charge in [0, 0.05) is 22.9 Å². The second kappa shape index (κ2) is 9.54. The lowest BCUT2D eigenvalue weighted by Gasteiger charge is -2.42. The predicted octanol–water partition coefficient (Wildman–Crippen LogP) is 5.44. The summed E-state index contributed by atoms with van der Waals surface area (Å²) < 4.78 is 0. The van der Waals surface area contributed by atoms with E-state index in [4.69, 9.17) is 15.8 Å². The number of hydrogen-bond acceptors (Lipinski definition) is 5. The molecule has 1 fully saturated rings. The van der Waals surface area contributed by atoms with Crippen molar-refractivity contribution >= 4 is 11.3 Å². The van der Waals surface area contributed by atoms with Crippen LogP contribution in [0.2, 0.25) is 0 Å². The first-order chi connectivity index (χ1) is 15.2. The Kier molecular flexibility index (Phi) is 7.11. The SMILES string of the molecule is CC1(C)CCC(C)(C)c2cc(-c3csc(C4CCN(CCCC(N)CO)CC4)n3)ccc21. The maximum atomic E-state index is 9.08. The molecule has 1 aromatic heterocycles. The zero-order valence-corrected chi connectivity index (χ0v) is 21.2. The van der Waals surface area contributed by atoms with E-state index in [-0.39, 0.29) is 23.5 Å². The summed E-state index contributed by atoms with van der Waals surface area (Å²) in [6, 6.07) is 7.02. The van der Waals surface area contributed by atoms with Crippen LogP contribution in [-0.2, 0) is 10.8 Å². The Labute approximate surface area is 198 Å². The molecule has 0 spiro atoms. The molecule has 4 nitrogen and oxygen atoms in total. The van der Waals surface area contributed by atoms with Crippen molar-refractivity contribution in [3.05, 3.63) is 39.7 Å². The third-order valence-corrected chi connectivity index (χ3v) is 8.90. The quantitative estimate of drug-likeness (QED) is 0.584. The van der Waals surface area contributed by atoms with Crippen LogP contribution in [0.4, 0.5) is 0 Å². The lowest BCUT2D eigenvalue weighted by atomic mass is 9.63. The maximum absolute atomic E-state index is 9.08. The Morgan fingerprint density at radius 3 is 2.50 bits per heavy atom. The Bertz CT molecular complexity index is 911. The molecule has 1 aliphatic carbocycles. The summed E-state index contributed by atoms with van der Waals surface area (Å²) in [6.07, 6.45) is 6.83. The molecule has 1 saturated heterocycles. The number of nitrogens with two attached hydrogens (primary N) is 1. The van der Waals surface area contributed by atoms with Gasteiger partial charge in [0.15, 0.2) is 0 Å². The van der Waals surface area contributed by atoms with Gasteiger partial charge in [-0.3, -0.25) is 0 Å². The largest absolute Gasteiger partial charge is 0.395 e. The van der Waals surface area contributed by atoms with Gasteiger partial charge < -0.3 is 15.7 Å². The van der Waals surface area contributed by atoms with Gasteiger partial charge in [-0.25, -0.2) is 4.98 Å². The van der Waals surface area contributed by atoms with Gasteiger partial charge in [0.1, 0.15) is 0 Å². The summed E-state index contributed by atoms with van der Waals surface area (Å²) in [6.45, 7) is 13.0. The topological polar surface area (TPSA) is 62.4 Å². The Morgan fingerprint density at radius 1 is 1.12 bits per heavy atom. The fourth-order valence-corrected chi connectivity index (χ4v) is 6.43. The molecule has 0 radical (unpaired) electrons. The first-order valence-corrected chi connectivity index (χ1v) is 13.3. The van der Waals surface area contributed by atoms with Crippen LogP contribution in [0, 0.1) is 0 Å². The van der Waals surface area contributed by atoms with Gasteiger partial charge in [-0.05, 0) is 86.2 Å². The lowest BCUT2D eigenvalue weighted by molar-refractivity contribution is 0.200. The molecule has 32 heavy (non-hydrogen) atoms. The second-order valence-corrected chi connectivity index (χ2v) is 12.2. The molecule has 1 aromatic carbocycles. The molecule has 1 aliphatic heterocycles. The van der Waals surface area contributed by atoms with Crippen LogP contribution < -0.4 is 5.73 Å². The summed E-state index contributed by atoms with van der Waals surface area (Å²) in [7, 11) is 0. The highest BCUT2D eigenvalue weighted by molar-refractivity contribution is 7.10. The first-order valence-electron chi connectivity index (χ1n) is 12.4. The predicted molar refractivity (Wildman–Crippen MR) is 136 cm³/mol. The number of likely N-dealkylation sites (tertiary alicyclic amines) is 1. The van der Waals surface area contributed by atoms with E-state index < -0.39 is 0 Å². The normalized spacial score (nSPS) is 21.9. The van der Waals surface area contributed by atoms with Crippen LogP contribution in [-0.4, -0.2) is 47.3 Å². The first kappa shape index (κ1) is 23.9. The van der Waals surface area contributed by atoms with Crippen molar-refractivity contribution in [1.29, 1.82) is 0 Å². The molecule has 0 amide bonds. The fourth-order valence-electron chi connectivity index (χ4n) is 5.43. The van der Waals surface area contributed by atoms with Crippen LogP contribution in [0.5, 0.6) is 0 Å². The van der Waals surface area contributed by atoms with Gasteiger partial charge in [0.2, 0.25) is 0 Å². The molecule has 0 bridgehead atoms. The van der Waals surface area contributed by atoms with E-state index in [0.717, 1.165) is 38.2 Å². The monoisotopic (exact) mass is 455 g/mol. The van der Waals surface area contributed by atoms with Gasteiger partial charge in [-0.2, -0.15) is 0 Å². The van der Waals surface area contributed by atoms with E-state index in [1.807, 2.05) is 11.3 Å². The van der Waals surface area contributed by atoms with Gasteiger partial charge in [0.05, 0.1) is 17.3 Å². The number of hydrogen-bond donors (Lipinski definition) is 2. The molecular weight excluding hydrogens is 414 g/mol. The maximum Gasteiger partial charge on any atom is 0.0964 e. The molecule has 2 aromatic rings. The van der Waals surface area contributed by atoms with Crippen molar-refractivity contribution in [1.82, 2.24) is 9.88 Å². The third-order valence-electron chi connectivity index (χ3n) is 7.89. The number of fused-ring (bicyclic) bond motifs is 1. The van der Waals surface area contributed by atoms with Gasteiger partial charge in [0.25, 0.3) is 0 Å². The highest BCUT2D eigenvalue weighted by Gasteiger charge is 2.37. The highest BCUT2D eigenvalue weighted by atomic mass is 32.1. The van der Waals surface area contributed by atoms with Crippen LogP contribution in [0.15, 0.2) is 23.6 Å². The summed E-state index contributed by atoms with van der Waals surface area (Å²) in [5, 5.41) is 12.6. The van der Waals surface area contributed by atoms with Crippen molar-refractivity contribution in [3.8, 4) is 11.3 Å². The van der Waals surface area contributed by atoms with Gasteiger partial charge in [-0.1, -0.05) is 39.8 Å². The molecule has 176 valence electrons. The highest BCUT2D eigenvalue weighted by Crippen LogP contribution is 2.47. The minimum atomic E-state index is -0.0680. The number of rotatable bonds is 7. The number of thiazole rings is 1. The standard InChI is InChI=1S/C27H41N3OS/c1-26(2)11-12-27(3,4)23-16-20(7-8-22(23)26)24-18-32-25(29-24)19-9-14-30(15-10-19)13-5-6-21(28)17-31/h7-8,16,18-19,21,31H,5-6,9-15,17,28H2,1-4H3. The van der Waals surface area contributed by atoms with E-state index in [1.54, 1.807) is 0 Å². The van der Waals surface area contributed by atoms with Crippen molar-refractivity contribution in [3.63, 3.8) is 0 Å². The lowest BCUT2D eigenvalue weighted by Crippen LogP contribution is -2.34. The molecule has 1 unspecified atom stereocenters. The minimum Gasteiger partial charge on any atom is -0.395 e. The van der Waals surface area contributed by atoms with Gasteiger partial charge >= 0.3 is 0 Å². The molecule has 4 rings (SSSR count).